The van der Waals surface area contributed by atoms with Crippen molar-refractivity contribution in [2.75, 3.05) is 47.0 Å². The van der Waals surface area contributed by atoms with Crippen LogP contribution in [0.4, 0.5) is 4.39 Å². The zero-order chi connectivity index (χ0) is 34.7. The minimum absolute atomic E-state index is 0.127. The molecular formula is C38H49FN4O5. The number of nitrogens with one attached hydrogen (secondary N) is 2. The first-order chi connectivity index (χ1) is 23.0. The van der Waals surface area contributed by atoms with Crippen LogP contribution in [0.2, 0.25) is 0 Å². The van der Waals surface area contributed by atoms with Gasteiger partial charge in [-0.15, -0.1) is 0 Å². The first-order valence-electron chi connectivity index (χ1n) is 16.6. The molecule has 0 aromatic heterocycles. The van der Waals surface area contributed by atoms with E-state index >= 15 is 0 Å². The molecule has 1 saturated heterocycles. The highest BCUT2D eigenvalue weighted by Crippen LogP contribution is 2.22. The van der Waals surface area contributed by atoms with Crippen LogP contribution >= 0.6 is 0 Å². The average molecular weight is 661 g/mol. The first kappa shape index (κ1) is 36.7. The summed E-state index contributed by atoms with van der Waals surface area (Å²) in [4.78, 5) is 44.3. The van der Waals surface area contributed by atoms with Crippen LogP contribution in [-0.4, -0.2) is 97.8 Å². The van der Waals surface area contributed by atoms with Crippen molar-refractivity contribution in [2.24, 2.45) is 5.41 Å². The number of likely N-dealkylation sites (N-methyl/N-ethyl adjacent to an activating group) is 2. The van der Waals surface area contributed by atoms with E-state index in [1.807, 2.05) is 68.4 Å². The normalized spacial score (nSPS) is 15.8. The zero-order valence-corrected chi connectivity index (χ0v) is 28.5. The number of hydrogen-bond acceptors (Lipinski definition) is 6. The van der Waals surface area contributed by atoms with Crippen molar-refractivity contribution in [3.63, 3.8) is 0 Å². The molecule has 0 aliphatic carbocycles. The Bertz CT molecular complexity index is 1480. The van der Waals surface area contributed by atoms with E-state index in [1.165, 1.54) is 21.9 Å². The van der Waals surface area contributed by atoms with Gasteiger partial charge in [-0.2, -0.15) is 0 Å². The van der Waals surface area contributed by atoms with Gasteiger partial charge in [0.15, 0.2) is 0 Å². The van der Waals surface area contributed by atoms with Gasteiger partial charge < -0.3 is 30.3 Å². The van der Waals surface area contributed by atoms with E-state index in [2.05, 4.69) is 10.6 Å². The molecule has 4 rings (SSSR count). The Morgan fingerprint density at radius 2 is 1.52 bits per heavy atom. The van der Waals surface area contributed by atoms with Gasteiger partial charge in [-0.25, -0.2) is 4.39 Å². The number of rotatable bonds is 16. The second kappa shape index (κ2) is 17.3. The molecule has 0 unspecified atom stereocenters. The molecule has 1 heterocycles. The molecule has 1 fully saturated rings. The van der Waals surface area contributed by atoms with Gasteiger partial charge in [0, 0.05) is 51.5 Å². The van der Waals surface area contributed by atoms with E-state index in [0.717, 1.165) is 36.1 Å². The number of aliphatic hydroxyl groups is 1. The molecule has 3 amide bonds. The highest BCUT2D eigenvalue weighted by atomic mass is 19.1. The van der Waals surface area contributed by atoms with E-state index < -0.39 is 35.1 Å². The van der Waals surface area contributed by atoms with Crippen molar-refractivity contribution in [1.29, 1.82) is 0 Å². The third-order valence-electron chi connectivity index (χ3n) is 8.97. The number of carbonyl (C=O) groups is 3. The van der Waals surface area contributed by atoms with Gasteiger partial charge in [-0.1, -0.05) is 80.6 Å². The van der Waals surface area contributed by atoms with Crippen LogP contribution < -0.4 is 10.6 Å². The van der Waals surface area contributed by atoms with Crippen molar-refractivity contribution in [3.8, 4) is 11.1 Å². The lowest BCUT2D eigenvalue weighted by Crippen LogP contribution is -2.57. The number of nitrogens with zero attached hydrogens (tertiary/aromatic N) is 2. The lowest BCUT2D eigenvalue weighted by molar-refractivity contribution is -0.149. The molecular weight excluding hydrogens is 611 g/mol. The Balaban J connectivity index is 1.58. The number of amides is 3. The molecule has 3 N–H and O–H groups in total. The average Bonchev–Trinajstić information content (AvgIpc) is 3.63. The van der Waals surface area contributed by atoms with E-state index in [0.29, 0.717) is 12.2 Å². The van der Waals surface area contributed by atoms with Crippen LogP contribution in [-0.2, 0) is 32.0 Å². The van der Waals surface area contributed by atoms with Gasteiger partial charge in [0.2, 0.25) is 17.7 Å². The number of hydrogen-bond donors (Lipinski definition) is 3. The summed E-state index contributed by atoms with van der Waals surface area (Å²) in [5.41, 5.74) is 3.04. The summed E-state index contributed by atoms with van der Waals surface area (Å²) in [7, 11) is 3.15. The van der Waals surface area contributed by atoms with Crippen LogP contribution in [0, 0.1) is 11.2 Å². The monoisotopic (exact) mass is 660 g/mol. The molecule has 3 atom stereocenters. The minimum Gasteiger partial charge on any atom is -0.396 e. The smallest absolute Gasteiger partial charge is 0.249 e. The quantitative estimate of drug-likeness (QED) is 0.216. The number of halogens is 1. The van der Waals surface area contributed by atoms with Crippen LogP contribution in [0.5, 0.6) is 0 Å². The molecule has 3 aromatic rings. The molecule has 48 heavy (non-hydrogen) atoms. The molecule has 0 radical (unpaired) electrons. The highest BCUT2D eigenvalue weighted by molar-refractivity contribution is 5.92. The zero-order valence-electron chi connectivity index (χ0n) is 28.5. The molecule has 0 saturated carbocycles. The fourth-order valence-corrected chi connectivity index (χ4v) is 5.68. The van der Waals surface area contributed by atoms with Gasteiger partial charge in [-0.05, 0) is 53.8 Å². The van der Waals surface area contributed by atoms with Gasteiger partial charge in [0.1, 0.15) is 24.5 Å². The number of ether oxygens (including phenoxy) is 1. The predicted molar refractivity (Wildman–Crippen MR) is 185 cm³/mol. The van der Waals surface area contributed by atoms with E-state index in [-0.39, 0.29) is 44.5 Å². The molecule has 0 spiro atoms. The first-order valence-corrected chi connectivity index (χ1v) is 16.6. The lowest BCUT2D eigenvalue weighted by Gasteiger charge is -2.35. The highest BCUT2D eigenvalue weighted by Gasteiger charge is 2.36. The molecule has 9 nitrogen and oxygen atoms in total. The molecule has 0 bridgehead atoms. The second-order valence-electron chi connectivity index (χ2n) is 13.4. The van der Waals surface area contributed by atoms with Gasteiger partial charge >= 0.3 is 0 Å². The van der Waals surface area contributed by atoms with E-state index in [4.69, 9.17) is 4.74 Å². The largest absolute Gasteiger partial charge is 0.396 e. The van der Waals surface area contributed by atoms with Crippen molar-refractivity contribution in [2.45, 2.75) is 57.7 Å². The standard InChI is InChI=1S/C38H49FN4O5/c1-38(2,26-44)25-41-36(46)33(21-28-14-18-31(39)19-15-28)43(4)37(47)34(42(3)35(45)24-48-23-32-11-8-20-40-32)22-27-12-16-30(17-13-27)29-9-6-5-7-10-29/h5-7,9-10,12-19,32-34,40,44H,8,11,20-26H2,1-4H3,(H,41,46)/t32-,33+,34+/m0/s1. The number of carbonyl (C=O) groups excluding carboxylic acids is 3. The van der Waals surface area contributed by atoms with Gasteiger partial charge in [0.25, 0.3) is 0 Å². The van der Waals surface area contributed by atoms with E-state index in [1.54, 1.807) is 26.2 Å². The summed E-state index contributed by atoms with van der Waals surface area (Å²) in [5.74, 6) is -1.58. The summed E-state index contributed by atoms with van der Waals surface area (Å²) >= 11 is 0. The predicted octanol–water partition coefficient (Wildman–Crippen LogP) is 3.84. The fourth-order valence-electron chi connectivity index (χ4n) is 5.68. The molecule has 1 aliphatic rings. The Labute approximate surface area is 283 Å². The third-order valence-corrected chi connectivity index (χ3v) is 8.97. The summed E-state index contributed by atoms with van der Waals surface area (Å²) in [6.07, 6.45) is 2.40. The maximum Gasteiger partial charge on any atom is 0.249 e. The summed E-state index contributed by atoms with van der Waals surface area (Å²) in [6, 6.07) is 21.9. The maximum atomic E-state index is 14.4. The SMILES string of the molecule is CN(C(=O)COC[C@@H]1CCCN1)[C@H](Cc1ccc(-c2ccccc2)cc1)C(=O)N(C)[C@H](Cc1ccc(F)cc1)C(=O)NCC(C)(C)CO. The van der Waals surface area contributed by atoms with Crippen molar-refractivity contribution in [3.05, 3.63) is 95.8 Å². The Hall–Kier alpha value is -4.12. The topological polar surface area (TPSA) is 111 Å². The number of benzene rings is 3. The Kier molecular flexibility index (Phi) is 13.3. The number of aliphatic hydroxyl groups excluding tert-OH is 1. The third kappa shape index (κ3) is 10.4. The molecule has 10 heteroatoms. The summed E-state index contributed by atoms with van der Waals surface area (Å²) in [6.45, 7) is 4.85. The maximum absolute atomic E-state index is 14.4. The van der Waals surface area contributed by atoms with Crippen LogP contribution in [0.3, 0.4) is 0 Å². The summed E-state index contributed by atoms with van der Waals surface area (Å²) < 4.78 is 19.5. The summed E-state index contributed by atoms with van der Waals surface area (Å²) in [5, 5.41) is 16.0. The van der Waals surface area contributed by atoms with Gasteiger partial charge in [0.05, 0.1) is 6.61 Å². The lowest BCUT2D eigenvalue weighted by atomic mass is 9.94. The van der Waals surface area contributed by atoms with Gasteiger partial charge in [-0.3, -0.25) is 14.4 Å². The Morgan fingerprint density at radius 1 is 0.917 bits per heavy atom. The second-order valence-corrected chi connectivity index (χ2v) is 13.4. The fraction of sp³-hybridized carbons (Fsp3) is 0.447. The van der Waals surface area contributed by atoms with Crippen LogP contribution in [0.15, 0.2) is 78.9 Å². The molecule has 258 valence electrons. The van der Waals surface area contributed by atoms with Crippen LogP contribution in [0.1, 0.15) is 37.8 Å². The molecule has 1 aliphatic heterocycles. The van der Waals surface area contributed by atoms with E-state index in [9.17, 15) is 23.9 Å². The van der Waals surface area contributed by atoms with Crippen molar-refractivity contribution >= 4 is 17.7 Å². The minimum atomic E-state index is -0.964. The van der Waals surface area contributed by atoms with Crippen LogP contribution in [0.25, 0.3) is 11.1 Å². The van der Waals surface area contributed by atoms with Crippen molar-refractivity contribution < 1.29 is 28.6 Å². The molecule has 3 aromatic carbocycles. The van der Waals surface area contributed by atoms with Crippen molar-refractivity contribution in [1.82, 2.24) is 20.4 Å². The Morgan fingerprint density at radius 3 is 2.12 bits per heavy atom.